The number of sulfonamides is 1. The smallest absolute Gasteiger partial charge is 0.269 e. The van der Waals surface area contributed by atoms with E-state index in [1.54, 1.807) is 25.1 Å². The zero-order chi connectivity index (χ0) is 24.5. The van der Waals surface area contributed by atoms with Gasteiger partial charge in [-0.25, -0.2) is 12.8 Å². The van der Waals surface area contributed by atoms with Crippen LogP contribution in [0.3, 0.4) is 0 Å². The first-order valence-electron chi connectivity index (χ1n) is 9.63. The number of halogens is 2. The number of rotatable bonds is 9. The molecule has 0 spiro atoms. The molecule has 0 radical (unpaired) electrons. The van der Waals surface area contributed by atoms with E-state index in [0.29, 0.717) is 10.0 Å². The first-order valence-corrected chi connectivity index (χ1v) is 11.5. The number of hydroxylamine groups is 1. The molecular formula is C21H21ClFN3O6S. The summed E-state index contributed by atoms with van der Waals surface area (Å²) in [6, 6.07) is 8.22. The van der Waals surface area contributed by atoms with Crippen LogP contribution in [0.5, 0.6) is 5.75 Å². The van der Waals surface area contributed by atoms with Crippen LogP contribution in [-0.4, -0.2) is 38.2 Å². The van der Waals surface area contributed by atoms with Gasteiger partial charge in [0.1, 0.15) is 22.1 Å². The van der Waals surface area contributed by atoms with Gasteiger partial charge in [0.25, 0.3) is 20.9 Å². The molecule has 0 aliphatic rings. The number of phenolic OH excluding ortho intramolecular Hbond substituents is 1. The lowest BCUT2D eigenvalue weighted by atomic mass is 10.1. The second-order valence-corrected chi connectivity index (χ2v) is 9.52. The van der Waals surface area contributed by atoms with Gasteiger partial charge in [0.05, 0.1) is 17.8 Å². The van der Waals surface area contributed by atoms with E-state index in [2.05, 4.69) is 10.6 Å². The number of benzene rings is 2. The van der Waals surface area contributed by atoms with Gasteiger partial charge in [0.15, 0.2) is 5.75 Å². The van der Waals surface area contributed by atoms with Crippen LogP contribution in [-0.2, 0) is 21.3 Å². The Kier molecular flexibility index (Phi) is 7.08. The average molecular weight is 498 g/mol. The zero-order valence-electron chi connectivity index (χ0n) is 17.8. The maximum atomic E-state index is 13.9. The van der Waals surface area contributed by atoms with Crippen molar-refractivity contribution >= 4 is 38.7 Å². The standard InChI is InChI=1S/C21H21ClFN3O6S/c1-11(10-12-6-4-5-7-14(12)23)24-16-17(20(29)19(16)28)25-15-9-8-13(22)21(18(15)27)33(30,31)26(2)32-3/h4-9,11,24-25,27H,10H2,1-3H3. The minimum Gasteiger partial charge on any atom is -0.504 e. The Hall–Kier alpha value is -2.99. The van der Waals surface area contributed by atoms with Gasteiger partial charge < -0.3 is 15.7 Å². The van der Waals surface area contributed by atoms with Crippen LogP contribution >= 0.6 is 11.6 Å². The van der Waals surface area contributed by atoms with Gasteiger partial charge in [-0.2, -0.15) is 0 Å². The van der Waals surface area contributed by atoms with Crippen molar-refractivity contribution in [1.82, 2.24) is 4.47 Å². The van der Waals surface area contributed by atoms with Crippen LogP contribution < -0.4 is 21.5 Å². The van der Waals surface area contributed by atoms with Crippen molar-refractivity contribution in [2.45, 2.75) is 24.3 Å². The van der Waals surface area contributed by atoms with Crippen LogP contribution in [0.1, 0.15) is 12.5 Å². The third-order valence-corrected chi connectivity index (χ3v) is 7.16. The van der Waals surface area contributed by atoms with Crippen LogP contribution in [0.4, 0.5) is 21.5 Å². The molecule has 0 aliphatic carbocycles. The number of anilines is 3. The Labute approximate surface area is 194 Å². The van der Waals surface area contributed by atoms with Gasteiger partial charge in [0, 0.05) is 13.1 Å². The quantitative estimate of drug-likeness (QED) is 0.234. The van der Waals surface area contributed by atoms with Gasteiger partial charge in [-0.15, -0.1) is 0 Å². The zero-order valence-corrected chi connectivity index (χ0v) is 19.4. The molecule has 0 aliphatic heterocycles. The Balaban J connectivity index is 1.90. The molecule has 33 heavy (non-hydrogen) atoms. The Morgan fingerprint density at radius 3 is 2.42 bits per heavy atom. The first kappa shape index (κ1) is 24.6. The summed E-state index contributed by atoms with van der Waals surface area (Å²) in [5, 5.41) is 15.8. The molecule has 0 saturated heterocycles. The highest BCUT2D eigenvalue weighted by atomic mass is 35.5. The second kappa shape index (κ2) is 9.48. The first-order chi connectivity index (χ1) is 15.5. The molecule has 0 amide bonds. The van der Waals surface area contributed by atoms with Crippen molar-refractivity contribution in [1.29, 1.82) is 0 Å². The fraction of sp³-hybridized carbons (Fsp3) is 0.238. The number of hydrogen-bond acceptors (Lipinski definition) is 8. The third-order valence-electron chi connectivity index (χ3n) is 4.98. The topological polar surface area (TPSA) is 125 Å². The third kappa shape index (κ3) is 4.71. The predicted molar refractivity (Wildman–Crippen MR) is 123 cm³/mol. The van der Waals surface area contributed by atoms with E-state index in [-0.39, 0.29) is 28.5 Å². The van der Waals surface area contributed by atoms with Crippen molar-refractivity contribution in [3.05, 3.63) is 73.2 Å². The maximum Gasteiger partial charge on any atom is 0.269 e. The van der Waals surface area contributed by atoms with E-state index in [1.807, 2.05) is 0 Å². The molecular weight excluding hydrogens is 477 g/mol. The van der Waals surface area contributed by atoms with Crippen molar-refractivity contribution in [2.24, 2.45) is 0 Å². The Morgan fingerprint density at radius 1 is 1.15 bits per heavy atom. The fourth-order valence-electron chi connectivity index (χ4n) is 3.19. The van der Waals surface area contributed by atoms with Crippen LogP contribution in [0, 0.1) is 5.82 Å². The van der Waals surface area contributed by atoms with Crippen molar-refractivity contribution in [3.63, 3.8) is 0 Å². The molecule has 1 atom stereocenters. The van der Waals surface area contributed by atoms with E-state index < -0.39 is 43.4 Å². The molecule has 0 fully saturated rings. The van der Waals surface area contributed by atoms with Crippen LogP contribution in [0.2, 0.25) is 5.02 Å². The highest BCUT2D eigenvalue weighted by Crippen LogP contribution is 2.39. The minimum atomic E-state index is -4.32. The average Bonchev–Trinajstić information content (AvgIpc) is 2.77. The molecule has 0 bridgehead atoms. The van der Waals surface area contributed by atoms with E-state index >= 15 is 0 Å². The van der Waals surface area contributed by atoms with E-state index in [4.69, 9.17) is 16.4 Å². The van der Waals surface area contributed by atoms with E-state index in [0.717, 1.165) is 14.2 Å². The van der Waals surface area contributed by atoms with Gasteiger partial charge in [-0.3, -0.25) is 14.4 Å². The number of phenols is 1. The fourth-order valence-corrected chi connectivity index (χ4v) is 4.76. The highest BCUT2D eigenvalue weighted by molar-refractivity contribution is 7.89. The summed E-state index contributed by atoms with van der Waals surface area (Å²) in [5.74, 6) is -1.15. The largest absolute Gasteiger partial charge is 0.504 e. The molecule has 0 saturated carbocycles. The summed E-state index contributed by atoms with van der Waals surface area (Å²) >= 11 is 5.99. The maximum absolute atomic E-state index is 13.9. The monoisotopic (exact) mass is 497 g/mol. The number of hydrogen-bond donors (Lipinski definition) is 3. The number of aromatic hydroxyl groups is 1. The minimum absolute atomic E-state index is 0.0587. The lowest BCUT2D eigenvalue weighted by Gasteiger charge is -2.21. The molecule has 9 nitrogen and oxygen atoms in total. The molecule has 12 heteroatoms. The van der Waals surface area contributed by atoms with Crippen LogP contribution in [0.15, 0.2) is 50.9 Å². The normalized spacial score (nSPS) is 12.8. The second-order valence-electron chi connectivity index (χ2n) is 7.24. The van der Waals surface area contributed by atoms with Crippen molar-refractivity contribution < 1.29 is 22.8 Å². The molecule has 3 aromatic carbocycles. The predicted octanol–water partition coefficient (Wildman–Crippen LogP) is 2.75. The van der Waals surface area contributed by atoms with Gasteiger partial charge in [-0.1, -0.05) is 34.3 Å². The molecule has 3 aromatic rings. The summed E-state index contributed by atoms with van der Waals surface area (Å²) in [7, 11) is -2.09. The van der Waals surface area contributed by atoms with Crippen molar-refractivity contribution in [3.8, 4) is 5.75 Å². The van der Waals surface area contributed by atoms with E-state index in [9.17, 15) is 27.5 Å². The lowest BCUT2D eigenvalue weighted by molar-refractivity contribution is -0.0259. The van der Waals surface area contributed by atoms with Gasteiger partial charge in [-0.05, 0) is 37.1 Å². The molecule has 3 N–H and O–H groups in total. The van der Waals surface area contributed by atoms with Gasteiger partial charge in [0.2, 0.25) is 0 Å². The molecule has 0 heterocycles. The molecule has 176 valence electrons. The molecule has 1 unspecified atom stereocenters. The molecule has 0 aromatic heterocycles. The Bertz CT molecular complexity index is 1370. The van der Waals surface area contributed by atoms with E-state index in [1.165, 1.54) is 18.2 Å². The van der Waals surface area contributed by atoms with Gasteiger partial charge >= 0.3 is 0 Å². The highest BCUT2D eigenvalue weighted by Gasteiger charge is 2.30. The summed E-state index contributed by atoms with van der Waals surface area (Å²) < 4.78 is 39.6. The van der Waals surface area contributed by atoms with Crippen molar-refractivity contribution in [2.75, 3.05) is 24.8 Å². The number of nitrogens with one attached hydrogen (secondary N) is 2. The summed E-state index contributed by atoms with van der Waals surface area (Å²) in [4.78, 5) is 28.3. The Morgan fingerprint density at radius 2 is 1.79 bits per heavy atom. The number of nitrogens with zero attached hydrogens (tertiary/aromatic N) is 1. The summed E-state index contributed by atoms with van der Waals surface area (Å²) in [6.45, 7) is 1.71. The van der Waals surface area contributed by atoms with Crippen LogP contribution in [0.25, 0.3) is 0 Å². The SMILES string of the molecule is CON(C)S(=O)(=O)c1c(Cl)ccc(Nc2c(NC(C)Cc3ccccc3F)c(=O)c2=O)c1O. The summed E-state index contributed by atoms with van der Waals surface area (Å²) in [5.41, 5.74) is -1.61. The lowest BCUT2D eigenvalue weighted by Crippen LogP contribution is -2.39. The summed E-state index contributed by atoms with van der Waals surface area (Å²) in [6.07, 6.45) is 0.239. The molecule has 3 rings (SSSR count).